The Morgan fingerprint density at radius 1 is 0.828 bits per heavy atom. The predicted octanol–water partition coefficient (Wildman–Crippen LogP) is 12.5. The summed E-state index contributed by atoms with van der Waals surface area (Å²) >= 11 is 0. The minimum atomic E-state index is -2.16. The summed E-state index contributed by atoms with van der Waals surface area (Å²) in [5.74, 6) is -0.0168. The van der Waals surface area contributed by atoms with Crippen LogP contribution in [0.4, 0.5) is 4.79 Å². The second-order valence-electron chi connectivity index (χ2n) is 20.9. The second-order valence-corrected chi connectivity index (χ2v) is 31.7. The molecule has 2 amide bonds. The van der Waals surface area contributed by atoms with Gasteiger partial charge in [0, 0.05) is 19.5 Å². The molecule has 3 aliphatic carbocycles. The van der Waals surface area contributed by atoms with Gasteiger partial charge >= 0.3 is 12.0 Å². The van der Waals surface area contributed by atoms with E-state index in [0.717, 1.165) is 70.0 Å². The lowest BCUT2D eigenvalue weighted by Crippen LogP contribution is -2.54. The fourth-order valence-electron chi connectivity index (χ4n) is 12.9. The average Bonchev–Trinajstić information content (AvgIpc) is 3.50. The molecule has 0 aromatic carbocycles. The lowest BCUT2D eigenvalue weighted by Gasteiger charge is -2.49. The number of carbonyl (C=O) groups is 2. The molecule has 4 rings (SSSR count). The number of hydrogen-bond acceptors (Lipinski definition) is 5. The molecule has 0 spiro atoms. The molecule has 334 valence electrons. The molecule has 0 aromatic rings. The van der Waals surface area contributed by atoms with E-state index in [1.165, 1.54) is 24.0 Å². The highest BCUT2D eigenvalue weighted by Crippen LogP contribution is 2.60. The third-order valence-electron chi connectivity index (χ3n) is 15.6. The Labute approximate surface area is 357 Å². The fraction of sp³-hybridized carbons (Fsp3) is 0.833. The van der Waals surface area contributed by atoms with E-state index in [0.29, 0.717) is 51.5 Å². The Morgan fingerprint density at radius 3 is 1.81 bits per heavy atom. The number of urea groups is 1. The standard InChI is InChI=1S/C42H76O5Si2.C6H12N2O/c1-26(2)48(27(3)4,28(5)6)46-36-24-35(33(14)40(25-36)47-49(29(7)8,30(9)10)31(11)12)19-18-34-17-16-22-42(15)37(20-21-38(34)42)32(13)23-39(43)41(44)45;7-6(9)8-4-2-1-3-5-8/h18-19,26-32,36-40,43H,14,16-17,20-25H2,1-13,15H3,(H,44,45);1-5H2,(H2,7,9)/b34-18?,35-19+;/t32-,36-,37-,38+,39?,40+,42-;/m1./s1. The van der Waals surface area contributed by atoms with Gasteiger partial charge in [-0.15, -0.1) is 0 Å². The Kier molecular flexibility index (Phi) is 18.7. The van der Waals surface area contributed by atoms with Crippen LogP contribution in [0.2, 0.25) is 33.2 Å². The summed E-state index contributed by atoms with van der Waals surface area (Å²) in [7, 11) is -4.27. The highest BCUT2D eigenvalue weighted by atomic mass is 28.4. The van der Waals surface area contributed by atoms with E-state index in [9.17, 15) is 19.8 Å². The molecule has 0 radical (unpaired) electrons. The van der Waals surface area contributed by atoms with E-state index >= 15 is 0 Å². The van der Waals surface area contributed by atoms with Crippen molar-refractivity contribution in [2.45, 2.75) is 219 Å². The summed E-state index contributed by atoms with van der Waals surface area (Å²) < 4.78 is 15.1. The maximum Gasteiger partial charge on any atom is 0.332 e. The average molecular weight is 845 g/mol. The maximum absolute atomic E-state index is 11.4. The highest BCUT2D eigenvalue weighted by molar-refractivity contribution is 6.78. The number of aliphatic carboxylic acids is 1. The normalized spacial score (nSPS) is 28.5. The molecule has 4 aliphatic rings. The van der Waals surface area contributed by atoms with Crippen LogP contribution in [0, 0.1) is 23.2 Å². The van der Waals surface area contributed by atoms with Crippen LogP contribution < -0.4 is 5.73 Å². The monoisotopic (exact) mass is 845 g/mol. The van der Waals surface area contributed by atoms with Crippen LogP contribution in [-0.4, -0.2) is 75.1 Å². The van der Waals surface area contributed by atoms with Crippen LogP contribution in [-0.2, 0) is 13.6 Å². The molecule has 0 bridgehead atoms. The number of carboxylic acids is 1. The van der Waals surface area contributed by atoms with Gasteiger partial charge in [0.25, 0.3) is 0 Å². The van der Waals surface area contributed by atoms with Gasteiger partial charge < -0.3 is 29.7 Å². The number of rotatable bonds is 15. The van der Waals surface area contributed by atoms with E-state index < -0.39 is 28.7 Å². The van der Waals surface area contributed by atoms with E-state index in [2.05, 4.69) is 109 Å². The predicted molar refractivity (Wildman–Crippen MR) is 247 cm³/mol. The van der Waals surface area contributed by atoms with Gasteiger partial charge in [-0.1, -0.05) is 121 Å². The van der Waals surface area contributed by atoms with Gasteiger partial charge in [0.1, 0.15) is 0 Å². The van der Waals surface area contributed by atoms with Gasteiger partial charge in [0.05, 0.1) is 12.2 Å². The summed E-state index contributed by atoms with van der Waals surface area (Å²) in [6, 6.07) is -0.269. The second kappa shape index (κ2) is 21.4. The van der Waals surface area contributed by atoms with E-state index in [1.807, 2.05) is 0 Å². The molecule has 10 heteroatoms. The number of carboxylic acid groups (broad SMARTS) is 1. The number of carbonyl (C=O) groups excluding carboxylic acids is 1. The number of piperidine rings is 1. The van der Waals surface area contributed by atoms with Crippen molar-refractivity contribution >= 4 is 28.6 Å². The highest BCUT2D eigenvalue weighted by Gasteiger charge is 2.52. The SMILES string of the molecule is C=C1/C(=C/C=C2CCC[C@]3(C)[C@@H]([C@H](C)CC(O)C(=O)O)CC[C@@H]23)C[C@@H](O[Si](C(C)C)(C(C)C)C(C)C)C[C@@H]1O[Si](C(C)C)(C(C)C)C(C)C.NC(=O)N1CCCCC1. The van der Waals surface area contributed by atoms with Gasteiger partial charge in [-0.25, -0.2) is 9.59 Å². The largest absolute Gasteiger partial charge is 0.479 e. The van der Waals surface area contributed by atoms with Crippen LogP contribution in [0.1, 0.15) is 168 Å². The number of nitrogens with two attached hydrogens (primary N) is 1. The zero-order valence-electron chi connectivity index (χ0n) is 39.5. The Balaban J connectivity index is 0.000000878. The number of allylic oxidation sites excluding steroid dienone is 3. The summed E-state index contributed by atoms with van der Waals surface area (Å²) in [6.45, 7) is 39.6. The van der Waals surface area contributed by atoms with Gasteiger partial charge in [0.15, 0.2) is 6.10 Å². The van der Waals surface area contributed by atoms with Crippen LogP contribution in [0.15, 0.2) is 35.5 Å². The number of fused-ring (bicyclic) bond motifs is 1. The van der Waals surface area contributed by atoms with Crippen molar-refractivity contribution < 1.29 is 28.7 Å². The Hall–Kier alpha value is -1.73. The van der Waals surface area contributed by atoms with E-state index in [4.69, 9.17) is 21.2 Å². The molecule has 0 aromatic heterocycles. The first-order valence-electron chi connectivity index (χ1n) is 23.4. The molecule has 8 nitrogen and oxygen atoms in total. The number of amides is 2. The first kappa shape index (κ1) is 50.6. The van der Waals surface area contributed by atoms with Crippen molar-refractivity contribution in [2.24, 2.45) is 28.9 Å². The lowest BCUT2D eigenvalue weighted by molar-refractivity contribution is -0.147. The van der Waals surface area contributed by atoms with Crippen molar-refractivity contribution in [1.29, 1.82) is 0 Å². The first-order valence-corrected chi connectivity index (χ1v) is 27.6. The fourth-order valence-corrected chi connectivity index (χ4v) is 24.1. The van der Waals surface area contributed by atoms with Crippen LogP contribution in [0.3, 0.4) is 0 Å². The Bertz CT molecular complexity index is 1390. The molecule has 1 aliphatic heterocycles. The number of aliphatic hydroxyl groups is 1. The van der Waals surface area contributed by atoms with Crippen LogP contribution >= 0.6 is 0 Å². The van der Waals surface area contributed by atoms with Crippen molar-refractivity contribution in [3.8, 4) is 0 Å². The maximum atomic E-state index is 11.4. The number of aliphatic hydroxyl groups excluding tert-OH is 1. The zero-order chi connectivity index (χ0) is 43.9. The molecule has 4 N–H and O–H groups in total. The van der Waals surface area contributed by atoms with E-state index in [-0.39, 0.29) is 29.6 Å². The summed E-state index contributed by atoms with van der Waals surface area (Å²) in [6.07, 6.45) is 14.9. The molecular formula is C48H88N2O6Si2. The third-order valence-corrected chi connectivity index (χ3v) is 27.9. The summed E-state index contributed by atoms with van der Waals surface area (Å²) in [4.78, 5) is 23.6. The molecule has 3 saturated carbocycles. The van der Waals surface area contributed by atoms with Gasteiger partial charge in [0.2, 0.25) is 16.6 Å². The topological polar surface area (TPSA) is 122 Å². The smallest absolute Gasteiger partial charge is 0.332 e. The van der Waals surface area contributed by atoms with Crippen LogP contribution in [0.25, 0.3) is 0 Å². The molecule has 4 fully saturated rings. The first-order chi connectivity index (χ1) is 27.0. The van der Waals surface area contributed by atoms with Crippen molar-refractivity contribution in [3.05, 3.63) is 35.5 Å². The van der Waals surface area contributed by atoms with E-state index in [1.54, 1.807) is 4.90 Å². The van der Waals surface area contributed by atoms with Gasteiger partial charge in [-0.05, 0) is 132 Å². The van der Waals surface area contributed by atoms with Crippen molar-refractivity contribution in [3.63, 3.8) is 0 Å². The number of likely N-dealkylation sites (tertiary alicyclic amines) is 1. The molecule has 1 unspecified atom stereocenters. The minimum absolute atomic E-state index is 0.0329. The molecule has 7 atom stereocenters. The molecular weight excluding hydrogens is 757 g/mol. The summed E-state index contributed by atoms with van der Waals surface area (Å²) in [5.41, 5.74) is 12.3. The van der Waals surface area contributed by atoms with Gasteiger partial charge in [-0.2, -0.15) is 0 Å². The van der Waals surface area contributed by atoms with Crippen molar-refractivity contribution in [2.75, 3.05) is 13.1 Å². The molecule has 1 saturated heterocycles. The number of hydrogen-bond donors (Lipinski definition) is 3. The molecule has 58 heavy (non-hydrogen) atoms. The zero-order valence-corrected chi connectivity index (χ0v) is 41.5. The Morgan fingerprint density at radius 2 is 1.34 bits per heavy atom. The summed E-state index contributed by atoms with van der Waals surface area (Å²) in [5, 5.41) is 19.5. The molecule has 1 heterocycles. The van der Waals surface area contributed by atoms with Crippen LogP contribution in [0.5, 0.6) is 0 Å². The van der Waals surface area contributed by atoms with Crippen molar-refractivity contribution in [1.82, 2.24) is 4.90 Å². The minimum Gasteiger partial charge on any atom is -0.479 e. The number of primary amides is 1. The lowest BCUT2D eigenvalue weighted by atomic mass is 9.60. The van der Waals surface area contributed by atoms with Gasteiger partial charge in [-0.3, -0.25) is 0 Å². The third kappa shape index (κ3) is 11.2. The quantitative estimate of drug-likeness (QED) is 0.141. The number of nitrogens with zero attached hydrogens (tertiary/aromatic N) is 1.